The zero-order chi connectivity index (χ0) is 95.5. The summed E-state index contributed by atoms with van der Waals surface area (Å²) < 4.78 is 173. The van der Waals surface area contributed by atoms with E-state index < -0.39 is 75.1 Å². The Bertz CT molecular complexity index is 6890. The standard InChI is InChI=1S/C33H26N4.C25H14F12N4.C23H16N6.C23H22N4.4Pt/c1-33(2,29-15-9-17-31(34-29)36-21-19-27(23-36)25-11-5-3-6-12-25)30-16-10-18-32(35-30)37-22-20-28(24-37)26-13-7-4-8-14-26;1-21(2,15-5-3-7-17(38-15)40-11-9-13(22(26,27)28)19(40)24(32,33)34)16-6-4-8-18(39-16)41-12-10-14(23(29,30)31)20(41)25(35,36)37;1-23(2,19-6-4-8-21(26-19)28-12-10-17(14-24)15-28)20-7-5-9-22(27-20)29-13-11-18(16-29)25-3;1-17-9-7-15-26(17)21-13-5-11-19(24-21)23(3,4)20-12-6-14-22(25-20)27-16-8-10-18(27)2;;;;/h3-20,23-24H,1-2H3;3-10H,1-2H3;4-11,15-16H,1-2H3;5-14H,1-4H3;;;;/q4*-2;4*+2. The summed E-state index contributed by atoms with van der Waals surface area (Å²) in [6.45, 7) is 26.8. The Morgan fingerprint density at radius 3 is 0.812 bits per heavy atom. The van der Waals surface area contributed by atoms with Crippen molar-refractivity contribution in [3.05, 3.63) is 438 Å². The molecule has 0 fully saturated rings. The molecule has 0 bridgehead atoms. The second-order valence-corrected chi connectivity index (χ2v) is 33.0. The Morgan fingerprint density at radius 1 is 0.283 bits per heavy atom. The molecule has 0 saturated heterocycles. The van der Waals surface area contributed by atoms with Gasteiger partial charge in [-0.2, -0.15) is 64.8 Å². The van der Waals surface area contributed by atoms with Crippen LogP contribution in [0.3, 0.4) is 0 Å². The van der Waals surface area contributed by atoms with Crippen LogP contribution in [0.25, 0.3) is 73.6 Å². The molecule has 2 aromatic carbocycles. The van der Waals surface area contributed by atoms with Crippen molar-refractivity contribution < 1.29 is 137 Å². The molecule has 0 aliphatic rings. The minimum Gasteiger partial charge on any atom is -0.435 e. The van der Waals surface area contributed by atoms with Gasteiger partial charge >= 0.3 is 109 Å². The van der Waals surface area contributed by atoms with Gasteiger partial charge in [0.15, 0.2) is 0 Å². The van der Waals surface area contributed by atoms with E-state index in [9.17, 15) is 52.7 Å². The van der Waals surface area contributed by atoms with Crippen LogP contribution in [-0.2, 0) is 131 Å². The number of benzene rings is 2. The fourth-order valence-electron chi connectivity index (χ4n) is 14.8. The zero-order valence-corrected chi connectivity index (χ0v) is 83.7. The summed E-state index contributed by atoms with van der Waals surface area (Å²) in [6, 6.07) is 81.0. The summed E-state index contributed by atoms with van der Waals surface area (Å²) in [5, 5.41) is 9.03. The van der Waals surface area contributed by atoms with Crippen molar-refractivity contribution in [2.24, 2.45) is 0 Å². The van der Waals surface area contributed by atoms with Gasteiger partial charge in [-0.05, 0) is 133 Å². The molecule has 18 aromatic rings. The van der Waals surface area contributed by atoms with E-state index in [4.69, 9.17) is 41.7 Å². The third-order valence-corrected chi connectivity index (χ3v) is 22.4. The van der Waals surface area contributed by atoms with Gasteiger partial charge in [-0.1, -0.05) is 238 Å². The Kier molecular flexibility index (Phi) is 32.6. The van der Waals surface area contributed by atoms with Gasteiger partial charge in [-0.3, -0.25) is 39.9 Å². The van der Waals surface area contributed by atoms with Crippen LogP contribution in [0.2, 0.25) is 0 Å². The summed E-state index contributed by atoms with van der Waals surface area (Å²) in [4.78, 5) is 40.9. The van der Waals surface area contributed by atoms with Crippen LogP contribution in [0.1, 0.15) is 140 Å². The normalized spacial score (nSPS) is 11.7. The van der Waals surface area contributed by atoms with Crippen LogP contribution in [0.4, 0.5) is 58.4 Å². The fourth-order valence-corrected chi connectivity index (χ4v) is 14.8. The van der Waals surface area contributed by atoms with Crippen molar-refractivity contribution in [1.82, 2.24) is 76.4 Å². The molecule has 16 aromatic heterocycles. The first-order valence-electron chi connectivity index (χ1n) is 41.5. The van der Waals surface area contributed by atoms with E-state index in [-0.39, 0.29) is 122 Å². The number of hydrogen-bond acceptors (Lipinski definition) is 9. The van der Waals surface area contributed by atoms with E-state index in [0.717, 1.165) is 103 Å². The van der Waals surface area contributed by atoms with Crippen LogP contribution >= 0.6 is 0 Å². The van der Waals surface area contributed by atoms with Crippen LogP contribution in [-0.4, -0.2) is 76.4 Å². The predicted molar refractivity (Wildman–Crippen MR) is 479 cm³/mol. The molecule has 0 radical (unpaired) electrons. The van der Waals surface area contributed by atoms with Gasteiger partial charge in [0.2, 0.25) is 5.69 Å². The number of halogens is 12. The van der Waals surface area contributed by atoms with Gasteiger partial charge in [0, 0.05) is 84.7 Å². The van der Waals surface area contributed by atoms with Crippen molar-refractivity contribution in [1.29, 1.82) is 5.26 Å². The van der Waals surface area contributed by atoms with E-state index in [0.29, 0.717) is 22.9 Å². The third kappa shape index (κ3) is 23.1. The molecular formula is C104H78F12N18Pt4. The van der Waals surface area contributed by atoms with Crippen molar-refractivity contribution in [2.45, 2.75) is 116 Å². The summed E-state index contributed by atoms with van der Waals surface area (Å²) >= 11 is 0. The topological polar surface area (TPSA) is 171 Å². The molecule has 0 atom stereocenters. The Hall–Kier alpha value is -13.2. The molecule has 18 rings (SSSR count). The number of hydrogen-bond donors (Lipinski definition) is 0. The Labute approximate surface area is 845 Å². The number of pyridine rings is 8. The second-order valence-electron chi connectivity index (χ2n) is 33.0. The van der Waals surface area contributed by atoms with Crippen molar-refractivity contribution in [3.63, 3.8) is 0 Å². The molecule has 708 valence electrons. The van der Waals surface area contributed by atoms with Gasteiger partial charge < -0.3 is 36.5 Å². The molecule has 34 heteroatoms. The molecule has 0 N–H and O–H groups in total. The van der Waals surface area contributed by atoms with Gasteiger partial charge in [0.1, 0.15) is 6.57 Å². The molecule has 0 aliphatic carbocycles. The minimum atomic E-state index is -5.45. The monoisotopic (exact) mass is 2590 g/mol. The Balaban J connectivity index is 0.000000177. The van der Waals surface area contributed by atoms with Gasteiger partial charge in [-0.15, -0.1) is 77.4 Å². The van der Waals surface area contributed by atoms with Gasteiger partial charge in [-0.25, -0.2) is 10.1 Å². The van der Waals surface area contributed by atoms with E-state index in [1.54, 1.807) is 33.7 Å². The van der Waals surface area contributed by atoms with Crippen LogP contribution < -0.4 is 0 Å². The third-order valence-electron chi connectivity index (χ3n) is 22.4. The first kappa shape index (κ1) is 105. The maximum atomic E-state index is 13.6. The van der Waals surface area contributed by atoms with Crippen LogP contribution in [0.15, 0.2) is 292 Å². The average Bonchev–Trinajstić information content (AvgIpc) is 1.59. The molecule has 138 heavy (non-hydrogen) atoms. The predicted octanol–water partition coefficient (Wildman–Crippen LogP) is 24.4. The van der Waals surface area contributed by atoms with Crippen molar-refractivity contribution in [3.8, 4) is 74.9 Å². The molecule has 0 aliphatic heterocycles. The maximum absolute atomic E-state index is 13.6. The fraction of sp³-hybridized carbons (Fsp3) is 0.173. The summed E-state index contributed by atoms with van der Waals surface area (Å²) in [7, 11) is 0. The number of nitrogens with zero attached hydrogens (tertiary/aromatic N) is 18. The molecular weight excluding hydrogens is 2510 g/mol. The number of nitriles is 1. The SMILES string of the molecule is CC(C)(c1cccc(-n2[c-]cc(-c3ccccc3)c2)n1)c1cccc(-n2[c-]cc(-c3ccccc3)c2)n1.CC(C)(c1cccc(-n2[c-]cc(C(F)(F)F)c2C(F)(F)F)n1)c1cccc(-n2[c-]cc(C(F)(F)F)c2C(F)(F)F)n1.Cc1cc[c-]n1-c1cccc(C(C)(C)c2cccc(-n3[c-]ccc3C)n2)n1.[C-]#[N+]c1c[c-]n(-c2cccc(C(C)(C)c3cccc(-n4[c-]cc(C#N)c4)n3)n2)c1.[Pt+2].[Pt+2].[Pt+2].[Pt+2]. The number of aromatic nitrogens is 16. The largest absolute Gasteiger partial charge is 2.00 e. The van der Waals surface area contributed by atoms with E-state index in [1.165, 1.54) is 38.1 Å². The maximum Gasteiger partial charge on any atom is 2.00 e. The molecule has 0 amide bonds. The minimum absolute atomic E-state index is 0. The smallest absolute Gasteiger partial charge is 0.435 e. The van der Waals surface area contributed by atoms with Crippen LogP contribution in [0.5, 0.6) is 0 Å². The van der Waals surface area contributed by atoms with E-state index >= 15 is 0 Å². The zero-order valence-electron chi connectivity index (χ0n) is 74.6. The average molecular weight is 2590 g/mol. The molecule has 16 heterocycles. The first-order chi connectivity index (χ1) is 63.7. The molecule has 0 spiro atoms. The quantitative estimate of drug-likeness (QED) is 0.0599. The number of rotatable bonds is 18. The molecule has 18 nitrogen and oxygen atoms in total. The molecule has 0 unspecified atom stereocenters. The van der Waals surface area contributed by atoms with Gasteiger partial charge in [0.05, 0.1) is 46.5 Å². The van der Waals surface area contributed by atoms with Gasteiger partial charge in [0.25, 0.3) is 0 Å². The number of alkyl halides is 12. The first-order valence-corrected chi connectivity index (χ1v) is 41.5. The summed E-state index contributed by atoms with van der Waals surface area (Å²) in [6.07, 6.45) is 8.77. The second kappa shape index (κ2) is 42.8. The van der Waals surface area contributed by atoms with E-state index in [1.807, 2.05) is 188 Å². The van der Waals surface area contributed by atoms with Crippen molar-refractivity contribution >= 4 is 5.69 Å². The van der Waals surface area contributed by atoms with Crippen molar-refractivity contribution in [2.75, 3.05) is 0 Å². The summed E-state index contributed by atoms with van der Waals surface area (Å²) in [5.74, 6) is 3.56. The Morgan fingerprint density at radius 2 is 0.551 bits per heavy atom. The van der Waals surface area contributed by atoms with Crippen LogP contribution in [0, 0.1) is 81.3 Å². The molecule has 0 saturated carbocycles. The summed E-state index contributed by atoms with van der Waals surface area (Å²) in [5.41, 5.74) is 2.41. The number of aryl methyl sites for hydroxylation is 2. The van der Waals surface area contributed by atoms with E-state index in [2.05, 4.69) is 174 Å².